The summed E-state index contributed by atoms with van der Waals surface area (Å²) in [5, 5.41) is 16.2. The van der Waals surface area contributed by atoms with Gasteiger partial charge in [-0.05, 0) is 37.2 Å². The van der Waals surface area contributed by atoms with Crippen molar-refractivity contribution in [1.29, 1.82) is 5.41 Å². The molecule has 6 heteroatoms. The molecule has 0 unspecified atom stereocenters. The van der Waals surface area contributed by atoms with Gasteiger partial charge in [0.15, 0.2) is 0 Å². The average molecular weight is 292 g/mol. The highest BCUT2D eigenvalue weighted by Crippen LogP contribution is 2.24. The summed E-state index contributed by atoms with van der Waals surface area (Å²) in [6.07, 6.45) is 3.53. The molecular formula is C15H24N4O2. The van der Waals surface area contributed by atoms with E-state index < -0.39 is 0 Å². The maximum absolute atomic E-state index is 7.82. The zero-order valence-corrected chi connectivity index (χ0v) is 12.8. The van der Waals surface area contributed by atoms with Gasteiger partial charge >= 0.3 is 0 Å². The van der Waals surface area contributed by atoms with Crippen LogP contribution >= 0.6 is 0 Å². The smallest absolute Gasteiger partial charge is 0.244 e. The summed E-state index contributed by atoms with van der Waals surface area (Å²) in [5.41, 5.74) is 8.21. The topological polar surface area (TPSA) is 94.1 Å². The predicted octanol–water partition coefficient (Wildman–Crippen LogP) is 1.69. The zero-order valence-electron chi connectivity index (χ0n) is 12.8. The van der Waals surface area contributed by atoms with E-state index in [2.05, 4.69) is 10.2 Å². The third-order valence-corrected chi connectivity index (χ3v) is 3.88. The molecule has 0 aliphatic carbocycles. The molecule has 0 atom stereocenters. The van der Waals surface area contributed by atoms with Crippen molar-refractivity contribution in [1.82, 2.24) is 10.2 Å². The van der Waals surface area contributed by atoms with Crippen molar-refractivity contribution in [2.24, 2.45) is 11.7 Å². The normalized spacial score (nSPS) is 15.9. The largest absolute Gasteiger partial charge is 0.476 e. The average Bonchev–Trinajstić information content (AvgIpc) is 2.52. The van der Waals surface area contributed by atoms with E-state index >= 15 is 0 Å². The minimum atomic E-state index is -0.00146. The molecule has 2 rings (SSSR count). The number of nitrogens with zero attached hydrogens (tertiary/aromatic N) is 2. The van der Waals surface area contributed by atoms with Gasteiger partial charge in [-0.25, -0.2) is 0 Å². The standard InChI is InChI=1S/C15H24N4O2/c1-3-11-12(4-2)18-19-15(13(11)14(16)17)21-9-10-5-7-20-8-6-10/h10H,3-9H2,1-2H3,(H3,16,17). The van der Waals surface area contributed by atoms with Gasteiger partial charge in [0, 0.05) is 13.2 Å². The first-order valence-electron chi connectivity index (χ1n) is 7.60. The van der Waals surface area contributed by atoms with Crippen molar-refractivity contribution in [3.05, 3.63) is 16.8 Å². The first-order valence-corrected chi connectivity index (χ1v) is 7.60. The highest BCUT2D eigenvalue weighted by molar-refractivity contribution is 5.98. The lowest BCUT2D eigenvalue weighted by molar-refractivity contribution is 0.0488. The van der Waals surface area contributed by atoms with Crippen molar-refractivity contribution in [2.45, 2.75) is 39.5 Å². The fourth-order valence-electron chi connectivity index (χ4n) is 2.64. The van der Waals surface area contributed by atoms with Crippen LogP contribution in [-0.4, -0.2) is 35.9 Å². The maximum Gasteiger partial charge on any atom is 0.244 e. The summed E-state index contributed by atoms with van der Waals surface area (Å²) < 4.78 is 11.2. The Labute approximate surface area is 125 Å². The van der Waals surface area contributed by atoms with Crippen LogP contribution in [0.25, 0.3) is 0 Å². The molecule has 0 saturated carbocycles. The second kappa shape index (κ2) is 7.36. The van der Waals surface area contributed by atoms with Crippen LogP contribution in [0.15, 0.2) is 0 Å². The number of rotatable bonds is 6. The molecule has 3 N–H and O–H groups in total. The molecule has 1 aromatic rings. The van der Waals surface area contributed by atoms with Crippen molar-refractivity contribution in [2.75, 3.05) is 19.8 Å². The summed E-state index contributed by atoms with van der Waals surface area (Å²) in [4.78, 5) is 0. The third-order valence-electron chi connectivity index (χ3n) is 3.88. The van der Waals surface area contributed by atoms with Crippen LogP contribution in [0.1, 0.15) is 43.5 Å². The fraction of sp³-hybridized carbons (Fsp3) is 0.667. The van der Waals surface area contributed by atoms with E-state index in [0.717, 1.165) is 50.2 Å². The number of amidine groups is 1. The van der Waals surface area contributed by atoms with Crippen LogP contribution in [0, 0.1) is 11.3 Å². The van der Waals surface area contributed by atoms with E-state index in [1.54, 1.807) is 0 Å². The van der Waals surface area contributed by atoms with Gasteiger partial charge in [-0.1, -0.05) is 13.8 Å². The molecular weight excluding hydrogens is 268 g/mol. The van der Waals surface area contributed by atoms with E-state index in [1.165, 1.54) is 0 Å². The number of aryl methyl sites for hydroxylation is 1. The number of nitrogens with one attached hydrogen (secondary N) is 1. The molecule has 0 aromatic carbocycles. The third kappa shape index (κ3) is 3.69. The van der Waals surface area contributed by atoms with Crippen molar-refractivity contribution >= 4 is 5.84 Å². The number of aromatic nitrogens is 2. The molecule has 0 bridgehead atoms. The molecule has 6 nitrogen and oxygen atoms in total. The number of nitrogens with two attached hydrogens (primary N) is 1. The molecule has 116 valence electrons. The Hall–Kier alpha value is -1.69. The minimum absolute atomic E-state index is 0.00146. The fourth-order valence-corrected chi connectivity index (χ4v) is 2.64. The minimum Gasteiger partial charge on any atom is -0.476 e. The van der Waals surface area contributed by atoms with Crippen LogP contribution in [0.2, 0.25) is 0 Å². The van der Waals surface area contributed by atoms with Crippen molar-refractivity contribution < 1.29 is 9.47 Å². The highest BCUT2D eigenvalue weighted by atomic mass is 16.5. The Balaban J connectivity index is 2.19. The highest BCUT2D eigenvalue weighted by Gasteiger charge is 2.20. The van der Waals surface area contributed by atoms with Crippen LogP contribution in [0.4, 0.5) is 0 Å². The number of hydrogen-bond acceptors (Lipinski definition) is 5. The maximum atomic E-state index is 7.82. The van der Waals surface area contributed by atoms with E-state index in [0.29, 0.717) is 24.0 Å². The molecule has 1 aliphatic heterocycles. The Morgan fingerprint density at radius 3 is 2.57 bits per heavy atom. The summed E-state index contributed by atoms with van der Waals surface area (Å²) in [6, 6.07) is 0. The van der Waals surface area contributed by atoms with Gasteiger partial charge in [0.05, 0.1) is 17.9 Å². The Bertz CT molecular complexity index is 499. The lowest BCUT2D eigenvalue weighted by Gasteiger charge is -2.22. The second-order valence-corrected chi connectivity index (χ2v) is 5.29. The van der Waals surface area contributed by atoms with Crippen LogP contribution < -0.4 is 10.5 Å². The van der Waals surface area contributed by atoms with Gasteiger partial charge in [0.25, 0.3) is 0 Å². The van der Waals surface area contributed by atoms with Gasteiger partial charge in [-0.2, -0.15) is 5.10 Å². The predicted molar refractivity (Wildman–Crippen MR) is 80.8 cm³/mol. The Morgan fingerprint density at radius 2 is 2.00 bits per heavy atom. The monoisotopic (exact) mass is 292 g/mol. The van der Waals surface area contributed by atoms with E-state index in [1.807, 2.05) is 13.8 Å². The quantitative estimate of drug-likeness (QED) is 0.614. The summed E-state index contributed by atoms with van der Waals surface area (Å²) in [7, 11) is 0. The lowest BCUT2D eigenvalue weighted by Crippen LogP contribution is -2.24. The van der Waals surface area contributed by atoms with Gasteiger partial charge in [-0.15, -0.1) is 5.10 Å². The molecule has 0 radical (unpaired) electrons. The van der Waals surface area contributed by atoms with E-state index in [9.17, 15) is 0 Å². The molecule has 1 fully saturated rings. The molecule has 1 aromatic heterocycles. The molecule has 0 spiro atoms. The Kier molecular flexibility index (Phi) is 5.50. The molecule has 1 aliphatic rings. The lowest BCUT2D eigenvalue weighted by atomic mass is 10.0. The van der Waals surface area contributed by atoms with Gasteiger partial charge < -0.3 is 15.2 Å². The van der Waals surface area contributed by atoms with Gasteiger partial charge in [-0.3, -0.25) is 5.41 Å². The number of nitrogen functional groups attached to an aromatic ring is 1. The van der Waals surface area contributed by atoms with Crippen molar-refractivity contribution in [3.63, 3.8) is 0 Å². The molecule has 0 amide bonds. The van der Waals surface area contributed by atoms with Crippen LogP contribution in [0.3, 0.4) is 0 Å². The van der Waals surface area contributed by atoms with Crippen molar-refractivity contribution in [3.8, 4) is 5.88 Å². The Morgan fingerprint density at radius 1 is 1.29 bits per heavy atom. The summed E-state index contributed by atoms with van der Waals surface area (Å²) in [5.74, 6) is 0.859. The van der Waals surface area contributed by atoms with Crippen LogP contribution in [0.5, 0.6) is 5.88 Å². The second-order valence-electron chi connectivity index (χ2n) is 5.29. The first kappa shape index (κ1) is 15.7. The number of ether oxygens (including phenoxy) is 2. The summed E-state index contributed by atoms with van der Waals surface area (Å²) >= 11 is 0. The van der Waals surface area contributed by atoms with Gasteiger partial charge in [0.1, 0.15) is 5.84 Å². The molecule has 1 saturated heterocycles. The number of hydrogen-bond donors (Lipinski definition) is 2. The van der Waals surface area contributed by atoms with Gasteiger partial charge in [0.2, 0.25) is 5.88 Å². The zero-order chi connectivity index (χ0) is 15.2. The SMILES string of the molecule is CCc1nnc(OCC2CCOCC2)c(C(=N)N)c1CC. The van der Waals surface area contributed by atoms with E-state index in [-0.39, 0.29) is 5.84 Å². The van der Waals surface area contributed by atoms with Crippen LogP contribution in [-0.2, 0) is 17.6 Å². The molecule has 2 heterocycles. The van der Waals surface area contributed by atoms with E-state index in [4.69, 9.17) is 20.6 Å². The molecule has 21 heavy (non-hydrogen) atoms. The first-order chi connectivity index (χ1) is 10.2. The summed E-state index contributed by atoms with van der Waals surface area (Å²) in [6.45, 7) is 6.20.